The van der Waals surface area contributed by atoms with E-state index in [1.165, 1.54) is 0 Å². The normalized spacial score (nSPS) is 9.75. The molecule has 0 fully saturated rings. The zero-order chi connectivity index (χ0) is 6.41. The molecular weight excluding hydrogens is 128 g/mol. The summed E-state index contributed by atoms with van der Waals surface area (Å²) in [5.74, 6) is 0. The lowest BCUT2D eigenvalue weighted by Gasteiger charge is -1.89. The monoisotopic (exact) mass is 134 g/mol. The summed E-state index contributed by atoms with van der Waals surface area (Å²) in [5.41, 5.74) is -0.761. The first-order valence-electron chi connectivity index (χ1n) is 2.20. The van der Waals surface area contributed by atoms with Crippen molar-refractivity contribution in [1.82, 2.24) is 0 Å². The van der Waals surface area contributed by atoms with Crippen molar-refractivity contribution in [2.24, 2.45) is 0 Å². The zero-order valence-corrected chi connectivity index (χ0v) is 5.31. The van der Waals surface area contributed by atoms with Crippen LogP contribution in [0.15, 0.2) is 12.2 Å². The summed E-state index contributed by atoms with van der Waals surface area (Å²) in [6, 6.07) is 0. The van der Waals surface area contributed by atoms with Crippen LogP contribution in [0.5, 0.6) is 0 Å². The van der Waals surface area contributed by atoms with Crippen LogP contribution < -0.4 is 0 Å². The third-order valence-corrected chi connectivity index (χ3v) is 0.638. The smallest absolute Gasteiger partial charge is 0.404 e. The third kappa shape index (κ3) is 5.50. The van der Waals surface area contributed by atoms with E-state index in [0.29, 0.717) is 0 Å². The van der Waals surface area contributed by atoms with Gasteiger partial charge >= 0.3 is 5.43 Å². The minimum absolute atomic E-state index is 0.263. The van der Waals surface area contributed by atoms with Crippen molar-refractivity contribution >= 4 is 17.0 Å². The molecule has 8 heavy (non-hydrogen) atoms. The van der Waals surface area contributed by atoms with Gasteiger partial charge in [-0.15, -0.1) is 0 Å². The average molecular weight is 135 g/mol. The summed E-state index contributed by atoms with van der Waals surface area (Å²) < 4.78 is 4.32. The van der Waals surface area contributed by atoms with Crippen molar-refractivity contribution in [2.75, 3.05) is 6.61 Å². The van der Waals surface area contributed by atoms with Gasteiger partial charge in [0, 0.05) is 11.6 Å². The molecule has 0 heterocycles. The maximum absolute atomic E-state index is 9.83. The van der Waals surface area contributed by atoms with Gasteiger partial charge in [-0.05, 0) is 6.92 Å². The molecule has 0 aromatic heterocycles. The van der Waals surface area contributed by atoms with Crippen LogP contribution in [0.3, 0.4) is 0 Å². The van der Waals surface area contributed by atoms with E-state index < -0.39 is 5.43 Å². The Bertz CT molecular complexity index is 98.6. The van der Waals surface area contributed by atoms with Crippen LogP contribution in [-0.4, -0.2) is 12.0 Å². The van der Waals surface area contributed by atoms with Gasteiger partial charge in [-0.1, -0.05) is 12.2 Å². The van der Waals surface area contributed by atoms with Gasteiger partial charge in [0.25, 0.3) is 0 Å². The Morgan fingerprint density at radius 3 is 2.88 bits per heavy atom. The van der Waals surface area contributed by atoms with Crippen molar-refractivity contribution in [3.8, 4) is 0 Å². The lowest BCUT2D eigenvalue weighted by Crippen LogP contribution is -1.91. The first-order valence-corrected chi connectivity index (χ1v) is 2.58. The summed E-state index contributed by atoms with van der Waals surface area (Å²) in [7, 11) is 0. The van der Waals surface area contributed by atoms with Gasteiger partial charge in [0.2, 0.25) is 0 Å². The molecule has 0 aliphatic rings. The Morgan fingerprint density at radius 2 is 2.50 bits per heavy atom. The van der Waals surface area contributed by atoms with Gasteiger partial charge in [0.1, 0.15) is 6.61 Å². The van der Waals surface area contributed by atoms with E-state index in [1.807, 2.05) is 6.92 Å². The number of hydrogen-bond donors (Lipinski definition) is 0. The van der Waals surface area contributed by atoms with Crippen molar-refractivity contribution in [1.29, 1.82) is 0 Å². The molecule has 0 N–H and O–H groups in total. The minimum Gasteiger partial charge on any atom is -0.449 e. The van der Waals surface area contributed by atoms with Crippen molar-refractivity contribution in [2.45, 2.75) is 6.92 Å². The van der Waals surface area contributed by atoms with Crippen molar-refractivity contribution in [3.63, 3.8) is 0 Å². The molecule has 0 rings (SSSR count). The van der Waals surface area contributed by atoms with Crippen LogP contribution in [0.4, 0.5) is 4.79 Å². The zero-order valence-electron chi connectivity index (χ0n) is 4.56. The van der Waals surface area contributed by atoms with Gasteiger partial charge in [-0.3, -0.25) is 0 Å². The second-order valence-electron chi connectivity index (χ2n) is 1.12. The topological polar surface area (TPSA) is 26.3 Å². The number of allylic oxidation sites excluding steroid dienone is 1. The summed E-state index contributed by atoms with van der Waals surface area (Å²) in [5, 5.41) is 0. The predicted octanol–water partition coefficient (Wildman–Crippen LogP) is 1.94. The first-order chi connectivity index (χ1) is 3.77. The lowest BCUT2D eigenvalue weighted by molar-refractivity contribution is 0.186. The molecule has 0 aromatic rings. The average Bonchev–Trinajstić information content (AvgIpc) is 1.66. The molecule has 0 aliphatic carbocycles. The highest BCUT2D eigenvalue weighted by Gasteiger charge is 1.88. The highest BCUT2D eigenvalue weighted by atomic mass is 35.5. The second kappa shape index (κ2) is 4.65. The van der Waals surface area contributed by atoms with Crippen LogP contribution in [0.2, 0.25) is 0 Å². The highest BCUT2D eigenvalue weighted by Crippen LogP contribution is 1.85. The van der Waals surface area contributed by atoms with E-state index in [2.05, 4.69) is 4.74 Å². The van der Waals surface area contributed by atoms with E-state index in [9.17, 15) is 4.79 Å². The van der Waals surface area contributed by atoms with E-state index in [1.54, 1.807) is 12.2 Å². The molecule has 0 saturated heterocycles. The van der Waals surface area contributed by atoms with Gasteiger partial charge in [0.05, 0.1) is 0 Å². The number of rotatable bonds is 2. The molecule has 0 aliphatic heterocycles. The molecule has 3 heteroatoms. The van der Waals surface area contributed by atoms with Gasteiger partial charge in [0.15, 0.2) is 0 Å². The molecule has 0 bridgehead atoms. The third-order valence-electron chi connectivity index (χ3n) is 0.529. The summed E-state index contributed by atoms with van der Waals surface area (Å²) in [6.45, 7) is 2.10. The van der Waals surface area contributed by atoms with Crippen LogP contribution in [0.1, 0.15) is 6.92 Å². The number of halogens is 1. The molecule has 0 radical (unpaired) electrons. The summed E-state index contributed by atoms with van der Waals surface area (Å²) >= 11 is 4.82. The Kier molecular flexibility index (Phi) is 4.36. The number of carbonyl (C=O) groups excluding carboxylic acids is 1. The number of hydrogen-bond acceptors (Lipinski definition) is 2. The Hall–Kier alpha value is -0.500. The second-order valence-corrected chi connectivity index (χ2v) is 1.43. The van der Waals surface area contributed by atoms with Crippen LogP contribution in [-0.2, 0) is 4.74 Å². The molecule has 0 unspecified atom stereocenters. The van der Waals surface area contributed by atoms with Gasteiger partial charge in [-0.25, -0.2) is 4.79 Å². The standard InChI is InChI=1S/C5H7ClO2/c1-2-3-4-8-5(6)7/h2-3H,4H2,1H3. The maximum Gasteiger partial charge on any atom is 0.404 e. The van der Waals surface area contributed by atoms with E-state index >= 15 is 0 Å². The quantitative estimate of drug-likeness (QED) is 0.426. The number of ether oxygens (including phenoxy) is 1. The minimum atomic E-state index is -0.761. The SMILES string of the molecule is CC=CCOC(=O)Cl. The summed E-state index contributed by atoms with van der Waals surface area (Å²) in [6.07, 6.45) is 3.47. The van der Waals surface area contributed by atoms with Crippen molar-refractivity contribution in [3.05, 3.63) is 12.2 Å². The first kappa shape index (κ1) is 7.50. The Labute approximate surface area is 53.1 Å². The molecule has 2 nitrogen and oxygen atoms in total. The molecule has 0 saturated carbocycles. The molecule has 0 atom stereocenters. The molecule has 0 amide bonds. The maximum atomic E-state index is 9.83. The van der Waals surface area contributed by atoms with E-state index in [4.69, 9.17) is 11.6 Å². The fourth-order valence-electron chi connectivity index (χ4n) is 0.210. The molecule has 0 aromatic carbocycles. The van der Waals surface area contributed by atoms with E-state index in [-0.39, 0.29) is 6.61 Å². The van der Waals surface area contributed by atoms with Gasteiger partial charge < -0.3 is 4.74 Å². The Balaban J connectivity index is 3.05. The molecular formula is C5H7ClO2. The van der Waals surface area contributed by atoms with E-state index in [0.717, 1.165) is 0 Å². The number of carbonyl (C=O) groups is 1. The van der Waals surface area contributed by atoms with Crippen LogP contribution in [0, 0.1) is 0 Å². The lowest BCUT2D eigenvalue weighted by atomic mass is 10.6. The summed E-state index contributed by atoms with van der Waals surface area (Å²) in [4.78, 5) is 9.83. The molecule has 46 valence electrons. The van der Waals surface area contributed by atoms with Gasteiger partial charge in [-0.2, -0.15) is 0 Å². The largest absolute Gasteiger partial charge is 0.449 e. The molecule has 0 spiro atoms. The fraction of sp³-hybridized carbons (Fsp3) is 0.400. The fourth-order valence-corrected chi connectivity index (χ4v) is 0.273. The van der Waals surface area contributed by atoms with Crippen LogP contribution in [0.25, 0.3) is 0 Å². The van der Waals surface area contributed by atoms with Crippen LogP contribution >= 0.6 is 11.6 Å². The predicted molar refractivity (Wildman–Crippen MR) is 32.0 cm³/mol. The highest BCUT2D eigenvalue weighted by molar-refractivity contribution is 6.61. The van der Waals surface area contributed by atoms with Crippen molar-refractivity contribution < 1.29 is 9.53 Å². The Morgan fingerprint density at radius 1 is 1.88 bits per heavy atom.